The lowest BCUT2D eigenvalue weighted by atomic mass is 9.63. The Bertz CT molecular complexity index is 1220. The van der Waals surface area contributed by atoms with Crippen LogP contribution in [0.5, 0.6) is 0 Å². The van der Waals surface area contributed by atoms with E-state index < -0.39 is 0 Å². The van der Waals surface area contributed by atoms with Crippen LogP contribution in [0.2, 0.25) is 0 Å². The Morgan fingerprint density at radius 2 is 1.39 bits per heavy atom. The van der Waals surface area contributed by atoms with Crippen molar-refractivity contribution in [1.29, 1.82) is 0 Å². The molecule has 2 N–H and O–H groups in total. The zero-order valence-electron chi connectivity index (χ0n) is 15.4. The first-order valence-electron chi connectivity index (χ1n) is 9.79. The summed E-state index contributed by atoms with van der Waals surface area (Å²) in [7, 11) is 0. The van der Waals surface area contributed by atoms with Gasteiger partial charge in [-0.3, -0.25) is 0 Å². The van der Waals surface area contributed by atoms with Gasteiger partial charge >= 0.3 is 6.98 Å². The highest BCUT2D eigenvalue weighted by atomic mass is 15.0. The van der Waals surface area contributed by atoms with Crippen molar-refractivity contribution in [1.82, 2.24) is 0 Å². The molecule has 28 heavy (non-hydrogen) atoms. The van der Waals surface area contributed by atoms with E-state index in [1.807, 2.05) is 0 Å². The maximum atomic E-state index is 3.72. The van der Waals surface area contributed by atoms with E-state index in [0.29, 0.717) is 0 Å². The molecule has 132 valence electrons. The van der Waals surface area contributed by atoms with E-state index in [1.165, 1.54) is 49.9 Å². The Morgan fingerprint density at radius 1 is 0.679 bits per heavy atom. The standard InChI is InChI=1S/C25H19BN2/c1-2-8-19-16-20(15-18(19)7-1)21-11-3-4-12-22(21)26-27-23-13-5-9-17-10-6-14-24(28-26)25(17)23/h1-15,27-28H,16H2. The minimum absolute atomic E-state index is 0.0429. The first kappa shape index (κ1) is 15.6. The Hall–Kier alpha value is -3.46. The van der Waals surface area contributed by atoms with Crippen LogP contribution in [0.4, 0.5) is 11.4 Å². The van der Waals surface area contributed by atoms with Gasteiger partial charge in [-0.2, -0.15) is 0 Å². The fourth-order valence-corrected chi connectivity index (χ4v) is 4.58. The highest BCUT2D eigenvalue weighted by Crippen LogP contribution is 2.35. The average molecular weight is 358 g/mol. The van der Waals surface area contributed by atoms with Gasteiger partial charge < -0.3 is 10.5 Å². The molecule has 1 aliphatic heterocycles. The van der Waals surface area contributed by atoms with Crippen LogP contribution in [0.1, 0.15) is 16.7 Å². The number of anilines is 2. The minimum atomic E-state index is 0.0429. The maximum absolute atomic E-state index is 3.72. The number of fused-ring (bicyclic) bond motifs is 1. The lowest BCUT2D eigenvalue weighted by Crippen LogP contribution is -2.49. The summed E-state index contributed by atoms with van der Waals surface area (Å²) >= 11 is 0. The second-order valence-corrected chi connectivity index (χ2v) is 7.56. The van der Waals surface area contributed by atoms with Gasteiger partial charge in [0.2, 0.25) is 0 Å². The van der Waals surface area contributed by atoms with E-state index in [2.05, 4.69) is 101 Å². The van der Waals surface area contributed by atoms with Crippen molar-refractivity contribution in [2.24, 2.45) is 0 Å². The Morgan fingerprint density at radius 3 is 2.18 bits per heavy atom. The van der Waals surface area contributed by atoms with E-state index in [1.54, 1.807) is 0 Å². The molecule has 0 saturated carbocycles. The normalized spacial score (nSPS) is 14.3. The van der Waals surface area contributed by atoms with Crippen LogP contribution in [0.3, 0.4) is 0 Å². The number of hydrogen-bond acceptors (Lipinski definition) is 2. The van der Waals surface area contributed by atoms with Gasteiger partial charge in [0.1, 0.15) is 0 Å². The molecule has 0 radical (unpaired) electrons. The maximum Gasteiger partial charge on any atom is 0.406 e. The van der Waals surface area contributed by atoms with Gasteiger partial charge in [0.25, 0.3) is 0 Å². The van der Waals surface area contributed by atoms with Crippen molar-refractivity contribution in [3.05, 3.63) is 102 Å². The van der Waals surface area contributed by atoms with E-state index in [9.17, 15) is 0 Å². The number of hydrogen-bond donors (Lipinski definition) is 2. The zero-order chi connectivity index (χ0) is 18.5. The summed E-state index contributed by atoms with van der Waals surface area (Å²) in [5.74, 6) is 0. The highest BCUT2D eigenvalue weighted by molar-refractivity contribution is 6.80. The molecule has 6 rings (SSSR count). The third kappa shape index (κ3) is 2.36. The van der Waals surface area contributed by atoms with Gasteiger partial charge in [0, 0.05) is 16.8 Å². The summed E-state index contributed by atoms with van der Waals surface area (Å²) in [5, 5.41) is 9.98. The minimum Gasteiger partial charge on any atom is -0.405 e. The predicted octanol–water partition coefficient (Wildman–Crippen LogP) is 5.17. The van der Waals surface area contributed by atoms with Gasteiger partial charge in [0.15, 0.2) is 0 Å². The van der Waals surface area contributed by atoms with Crippen LogP contribution < -0.4 is 15.9 Å². The Labute approximate surface area is 165 Å². The largest absolute Gasteiger partial charge is 0.406 e. The van der Waals surface area contributed by atoms with E-state index in [4.69, 9.17) is 0 Å². The van der Waals surface area contributed by atoms with Crippen LogP contribution >= 0.6 is 0 Å². The monoisotopic (exact) mass is 358 g/mol. The van der Waals surface area contributed by atoms with Crippen molar-refractivity contribution in [2.75, 3.05) is 10.5 Å². The highest BCUT2D eigenvalue weighted by Gasteiger charge is 2.28. The smallest absolute Gasteiger partial charge is 0.405 e. The summed E-state index contributed by atoms with van der Waals surface area (Å²) in [6, 6.07) is 30.4. The molecule has 1 aliphatic carbocycles. The number of allylic oxidation sites excluding steroid dienone is 1. The fourth-order valence-electron chi connectivity index (χ4n) is 4.58. The first-order chi connectivity index (χ1) is 13.9. The molecule has 2 nitrogen and oxygen atoms in total. The van der Waals surface area contributed by atoms with Crippen molar-refractivity contribution in [3.63, 3.8) is 0 Å². The van der Waals surface area contributed by atoms with Gasteiger partial charge in [-0.25, -0.2) is 0 Å². The molecule has 2 aliphatic rings. The topological polar surface area (TPSA) is 24.1 Å². The predicted molar refractivity (Wildman–Crippen MR) is 121 cm³/mol. The average Bonchev–Trinajstić information content (AvgIpc) is 3.18. The fraction of sp³-hybridized carbons (Fsp3) is 0.0400. The van der Waals surface area contributed by atoms with Crippen LogP contribution in [-0.4, -0.2) is 6.98 Å². The Kier molecular flexibility index (Phi) is 3.36. The van der Waals surface area contributed by atoms with E-state index in [0.717, 1.165) is 6.42 Å². The number of benzene rings is 4. The van der Waals surface area contributed by atoms with Gasteiger partial charge in [-0.1, -0.05) is 78.9 Å². The lowest BCUT2D eigenvalue weighted by molar-refractivity contribution is 1.32. The molecule has 4 aromatic carbocycles. The third-order valence-electron chi connectivity index (χ3n) is 5.89. The summed E-state index contributed by atoms with van der Waals surface area (Å²) in [6.07, 6.45) is 3.33. The van der Waals surface area contributed by atoms with Crippen LogP contribution in [-0.2, 0) is 6.42 Å². The molecule has 0 fully saturated rings. The van der Waals surface area contributed by atoms with Crippen LogP contribution in [0.15, 0.2) is 84.9 Å². The van der Waals surface area contributed by atoms with Crippen LogP contribution in [0.25, 0.3) is 22.4 Å². The quantitative estimate of drug-likeness (QED) is 0.483. The number of nitrogens with one attached hydrogen (secondary N) is 2. The molecular formula is C25H19BN2. The van der Waals surface area contributed by atoms with Crippen molar-refractivity contribution < 1.29 is 0 Å². The summed E-state index contributed by atoms with van der Waals surface area (Å²) in [4.78, 5) is 0. The lowest BCUT2D eigenvalue weighted by Gasteiger charge is -2.28. The zero-order valence-corrected chi connectivity index (χ0v) is 15.4. The molecule has 0 bridgehead atoms. The molecule has 0 unspecified atom stereocenters. The molecule has 1 heterocycles. The summed E-state index contributed by atoms with van der Waals surface area (Å²) in [5.41, 5.74) is 9.12. The van der Waals surface area contributed by atoms with Gasteiger partial charge in [0.05, 0.1) is 0 Å². The summed E-state index contributed by atoms with van der Waals surface area (Å²) < 4.78 is 0. The van der Waals surface area contributed by atoms with Crippen molar-refractivity contribution >= 4 is 46.2 Å². The first-order valence-corrected chi connectivity index (χ1v) is 9.79. The van der Waals surface area contributed by atoms with Crippen molar-refractivity contribution in [3.8, 4) is 0 Å². The summed E-state index contributed by atoms with van der Waals surface area (Å²) in [6.45, 7) is 0.0429. The molecule has 3 heteroatoms. The molecular weight excluding hydrogens is 339 g/mol. The molecule has 4 aromatic rings. The molecule has 0 atom stereocenters. The second-order valence-electron chi connectivity index (χ2n) is 7.56. The third-order valence-corrected chi connectivity index (χ3v) is 5.89. The Balaban J connectivity index is 1.43. The molecule has 0 spiro atoms. The SMILES string of the molecule is C1=C(c2ccccc2B2Nc3cccc4cccc(c34)N2)Cc2ccccc21. The van der Waals surface area contributed by atoms with Crippen molar-refractivity contribution in [2.45, 2.75) is 6.42 Å². The molecule has 0 aromatic heterocycles. The molecule has 0 amide bonds. The number of rotatable bonds is 2. The van der Waals surface area contributed by atoms with Gasteiger partial charge in [-0.05, 0) is 51.7 Å². The second kappa shape index (κ2) is 6.03. The molecule has 0 saturated heterocycles. The van der Waals surface area contributed by atoms with Gasteiger partial charge in [-0.15, -0.1) is 0 Å². The van der Waals surface area contributed by atoms with E-state index >= 15 is 0 Å². The van der Waals surface area contributed by atoms with E-state index in [-0.39, 0.29) is 6.98 Å². The van der Waals surface area contributed by atoms with Crippen LogP contribution in [0, 0.1) is 0 Å².